The quantitative estimate of drug-likeness (QED) is 0.0204. The van der Waals surface area contributed by atoms with Crippen molar-refractivity contribution in [3.8, 4) is 0 Å². The van der Waals surface area contributed by atoms with Crippen molar-refractivity contribution in [1.82, 2.24) is 5.32 Å². The first-order valence-electron chi connectivity index (χ1n) is 32.7. The molecule has 2 fully saturated rings. The van der Waals surface area contributed by atoms with Crippen LogP contribution >= 0.6 is 0 Å². The van der Waals surface area contributed by atoms with Crippen molar-refractivity contribution in [1.29, 1.82) is 0 Å². The van der Waals surface area contributed by atoms with Crippen LogP contribution in [0, 0.1) is 0 Å². The minimum absolute atomic E-state index is 0.245. The van der Waals surface area contributed by atoms with Gasteiger partial charge >= 0.3 is 0 Å². The van der Waals surface area contributed by atoms with Crippen LogP contribution in [0.3, 0.4) is 0 Å². The number of aliphatic hydroxyl groups is 8. The average molecular weight is 1120 g/mol. The predicted molar refractivity (Wildman–Crippen MR) is 318 cm³/mol. The zero-order chi connectivity index (χ0) is 57.4. The van der Waals surface area contributed by atoms with Gasteiger partial charge in [0.2, 0.25) is 5.91 Å². The Kier molecular flexibility index (Phi) is 47.0. The number of nitrogens with one attached hydrogen (secondary N) is 1. The van der Waals surface area contributed by atoms with Crippen molar-refractivity contribution >= 4 is 5.91 Å². The molecule has 2 aliphatic rings. The monoisotopic (exact) mass is 1120 g/mol. The van der Waals surface area contributed by atoms with Gasteiger partial charge in [-0.05, 0) is 57.8 Å². The van der Waals surface area contributed by atoms with Crippen LogP contribution in [0.15, 0.2) is 36.5 Å². The first-order chi connectivity index (χ1) is 38.6. The normalized spacial score (nSPS) is 24.6. The van der Waals surface area contributed by atoms with Gasteiger partial charge < -0.3 is 65.1 Å². The lowest BCUT2D eigenvalue weighted by atomic mass is 9.97. The molecule has 2 heterocycles. The van der Waals surface area contributed by atoms with Crippen LogP contribution in [0.1, 0.15) is 277 Å². The maximum atomic E-state index is 13.3. The van der Waals surface area contributed by atoms with Gasteiger partial charge in [-0.3, -0.25) is 4.79 Å². The maximum absolute atomic E-state index is 13.3. The van der Waals surface area contributed by atoms with Gasteiger partial charge in [-0.2, -0.15) is 0 Å². The fraction of sp³-hybridized carbons (Fsp3) is 0.892. The molecule has 0 radical (unpaired) electrons. The Balaban J connectivity index is 1.71. The molecule has 79 heavy (non-hydrogen) atoms. The smallest absolute Gasteiger partial charge is 0.220 e. The summed E-state index contributed by atoms with van der Waals surface area (Å²) in [7, 11) is 0. The minimum atomic E-state index is -1.79. The van der Waals surface area contributed by atoms with Gasteiger partial charge in [0.05, 0.1) is 32.0 Å². The highest BCUT2D eigenvalue weighted by molar-refractivity contribution is 5.76. The van der Waals surface area contributed by atoms with Gasteiger partial charge in [-0.25, -0.2) is 0 Å². The Morgan fingerprint density at radius 2 is 0.810 bits per heavy atom. The highest BCUT2D eigenvalue weighted by Crippen LogP contribution is 2.30. The molecule has 0 aromatic carbocycles. The van der Waals surface area contributed by atoms with E-state index < -0.39 is 86.8 Å². The Morgan fingerprint density at radius 1 is 0.443 bits per heavy atom. The van der Waals surface area contributed by atoms with E-state index in [1.807, 2.05) is 6.08 Å². The molecule has 2 saturated heterocycles. The van der Waals surface area contributed by atoms with Gasteiger partial charge in [0, 0.05) is 6.42 Å². The predicted octanol–water partition coefficient (Wildman–Crippen LogP) is 12.2. The molecular formula is C65H121NO13. The van der Waals surface area contributed by atoms with E-state index in [0.29, 0.717) is 12.8 Å². The van der Waals surface area contributed by atoms with Gasteiger partial charge in [0.1, 0.15) is 48.8 Å². The molecule has 12 atom stereocenters. The summed E-state index contributed by atoms with van der Waals surface area (Å²) in [4.78, 5) is 13.3. The number of unbranched alkanes of at least 4 members (excludes halogenated alkanes) is 36. The van der Waals surface area contributed by atoms with Crippen molar-refractivity contribution in [2.45, 2.75) is 351 Å². The van der Waals surface area contributed by atoms with E-state index in [9.17, 15) is 45.6 Å². The summed E-state index contributed by atoms with van der Waals surface area (Å²) in [5.41, 5.74) is 0. The van der Waals surface area contributed by atoms with Crippen LogP contribution < -0.4 is 5.32 Å². The Morgan fingerprint density at radius 3 is 1.24 bits per heavy atom. The molecule has 0 spiro atoms. The van der Waals surface area contributed by atoms with Crippen LogP contribution in [0.5, 0.6) is 0 Å². The van der Waals surface area contributed by atoms with Crippen LogP contribution in [-0.4, -0.2) is 140 Å². The molecule has 0 aliphatic carbocycles. The summed E-state index contributed by atoms with van der Waals surface area (Å²) in [5, 5.41) is 87.2. The molecule has 14 nitrogen and oxygen atoms in total. The lowest BCUT2D eigenvalue weighted by Gasteiger charge is -2.46. The molecule has 1 amide bonds. The van der Waals surface area contributed by atoms with Crippen molar-refractivity contribution < 1.29 is 64.6 Å². The number of aliphatic hydroxyl groups excluding tert-OH is 8. The number of allylic oxidation sites excluding steroid dienone is 5. The molecule has 0 bridgehead atoms. The van der Waals surface area contributed by atoms with Crippen LogP contribution in [0.2, 0.25) is 0 Å². The number of rotatable bonds is 53. The Hall–Kier alpha value is -1.79. The number of amides is 1. The third-order valence-corrected chi connectivity index (χ3v) is 16.0. The highest BCUT2D eigenvalue weighted by Gasteiger charge is 2.51. The standard InChI is InChI=1S/C65H121NO13/c1-3-5-7-9-11-13-15-17-19-21-23-24-25-26-27-28-29-30-31-33-35-37-39-41-43-45-47-49-57(70)66-53(54(69)48-46-44-42-40-38-36-34-32-22-20-18-16-14-12-10-8-6-4-2)52-76-64-62(75)60(73)63(56(51-68)78-64)79-65-61(74)59(72)58(71)55(50-67)77-65/h21,23,38,40,46,48,53-56,58-65,67-69,71-75H,3-20,22,24-37,39,41-45,47,49-52H2,1-2H3,(H,66,70)/b23-21-,40-38+,48-46+. The van der Waals surface area contributed by atoms with Gasteiger partial charge in [-0.1, -0.05) is 249 Å². The highest BCUT2D eigenvalue weighted by atomic mass is 16.7. The van der Waals surface area contributed by atoms with Gasteiger partial charge in [-0.15, -0.1) is 0 Å². The summed E-state index contributed by atoms with van der Waals surface area (Å²) in [6.45, 7) is 2.81. The zero-order valence-corrected chi connectivity index (χ0v) is 50.1. The van der Waals surface area contributed by atoms with E-state index in [-0.39, 0.29) is 18.9 Å². The second kappa shape index (κ2) is 50.7. The first-order valence-corrected chi connectivity index (χ1v) is 32.7. The molecule has 0 aromatic rings. The fourth-order valence-corrected chi connectivity index (χ4v) is 10.8. The molecule has 9 N–H and O–H groups in total. The topological polar surface area (TPSA) is 228 Å². The lowest BCUT2D eigenvalue weighted by Crippen LogP contribution is -2.65. The number of hydrogen-bond acceptors (Lipinski definition) is 13. The molecule has 0 saturated carbocycles. The van der Waals surface area contributed by atoms with Crippen molar-refractivity contribution in [2.24, 2.45) is 0 Å². The van der Waals surface area contributed by atoms with E-state index in [2.05, 4.69) is 43.5 Å². The van der Waals surface area contributed by atoms with Crippen molar-refractivity contribution in [3.05, 3.63) is 36.5 Å². The second-order valence-electron chi connectivity index (χ2n) is 23.2. The Labute approximate surface area is 481 Å². The van der Waals surface area contributed by atoms with E-state index >= 15 is 0 Å². The molecule has 2 aliphatic heterocycles. The SMILES string of the molecule is CCCCCCCCCC/C=C\CCCCCCCCCCCCCCCCCC(=O)NC(COC1OC(CO)C(OC2OC(CO)C(O)C(O)C2O)C(O)C1O)C(O)/C=C/CC/C=C/CCCCCCCCCCCCCC. The number of ether oxygens (including phenoxy) is 4. The van der Waals surface area contributed by atoms with E-state index in [0.717, 1.165) is 32.1 Å². The zero-order valence-electron chi connectivity index (χ0n) is 50.1. The average Bonchev–Trinajstić information content (AvgIpc) is 3.46. The Bertz CT molecular complexity index is 1460. The van der Waals surface area contributed by atoms with Crippen LogP contribution in [-0.2, 0) is 23.7 Å². The molecule has 464 valence electrons. The third kappa shape index (κ3) is 35.8. The molecule has 12 unspecified atom stereocenters. The van der Waals surface area contributed by atoms with E-state index in [1.54, 1.807) is 6.08 Å². The first kappa shape index (κ1) is 73.3. The summed E-state index contributed by atoms with van der Waals surface area (Å²) in [6.07, 6.45) is 46.2. The number of carbonyl (C=O) groups excluding carboxylic acids is 1. The molecule has 0 aromatic heterocycles. The van der Waals surface area contributed by atoms with Gasteiger partial charge in [0.25, 0.3) is 0 Å². The second-order valence-corrected chi connectivity index (χ2v) is 23.2. The molecule has 14 heteroatoms. The van der Waals surface area contributed by atoms with Crippen molar-refractivity contribution in [3.63, 3.8) is 0 Å². The maximum Gasteiger partial charge on any atom is 0.220 e. The summed E-state index contributed by atoms with van der Waals surface area (Å²) in [5.74, 6) is -0.245. The summed E-state index contributed by atoms with van der Waals surface area (Å²) in [6, 6.07) is -0.930. The molecular weight excluding hydrogens is 1000 g/mol. The summed E-state index contributed by atoms with van der Waals surface area (Å²) >= 11 is 0. The third-order valence-electron chi connectivity index (χ3n) is 16.0. The van der Waals surface area contributed by atoms with Crippen molar-refractivity contribution in [2.75, 3.05) is 19.8 Å². The largest absolute Gasteiger partial charge is 0.394 e. The lowest BCUT2D eigenvalue weighted by molar-refractivity contribution is -0.359. The van der Waals surface area contributed by atoms with Crippen LogP contribution in [0.25, 0.3) is 0 Å². The van der Waals surface area contributed by atoms with Gasteiger partial charge in [0.15, 0.2) is 12.6 Å². The van der Waals surface area contributed by atoms with E-state index in [1.165, 1.54) is 212 Å². The van der Waals surface area contributed by atoms with Crippen LogP contribution in [0.4, 0.5) is 0 Å². The molecule has 2 rings (SSSR count). The minimum Gasteiger partial charge on any atom is -0.394 e. The number of hydrogen-bond donors (Lipinski definition) is 9. The number of carbonyl (C=O) groups is 1. The van der Waals surface area contributed by atoms with E-state index in [4.69, 9.17) is 18.9 Å². The summed E-state index contributed by atoms with van der Waals surface area (Å²) < 4.78 is 22.8. The fourth-order valence-electron chi connectivity index (χ4n) is 10.8.